The van der Waals surface area contributed by atoms with Crippen molar-refractivity contribution < 1.29 is 27.8 Å². The van der Waals surface area contributed by atoms with Gasteiger partial charge in [-0.05, 0) is 32.0 Å². The molecule has 0 bridgehead atoms. The third kappa shape index (κ3) is 4.42. The Hall–Kier alpha value is -1.64. The molecule has 0 aromatic heterocycles. The van der Waals surface area contributed by atoms with E-state index in [9.17, 15) is 13.2 Å². The standard InChI is InChI=1S/C13H19NO6S/c1-13(2,8-19-3)14-21(17,18)11-7-9(12(15)16)5-6-10(11)20-4/h5-7,14H,8H2,1-4H3,(H,15,16). The minimum absolute atomic E-state index is 0.0701. The van der Waals surface area contributed by atoms with E-state index in [0.717, 1.165) is 6.07 Å². The van der Waals surface area contributed by atoms with Gasteiger partial charge in [-0.2, -0.15) is 0 Å². The van der Waals surface area contributed by atoms with Gasteiger partial charge in [0, 0.05) is 7.11 Å². The van der Waals surface area contributed by atoms with Gasteiger partial charge in [-0.3, -0.25) is 0 Å². The Kier molecular flexibility index (Phi) is 5.32. The molecule has 0 saturated carbocycles. The fourth-order valence-corrected chi connectivity index (χ4v) is 3.42. The number of rotatable bonds is 7. The average molecular weight is 317 g/mol. The smallest absolute Gasteiger partial charge is 0.335 e. The highest BCUT2D eigenvalue weighted by atomic mass is 32.2. The highest BCUT2D eigenvalue weighted by Crippen LogP contribution is 2.26. The maximum absolute atomic E-state index is 12.4. The number of carboxylic acids is 1. The van der Waals surface area contributed by atoms with Crippen molar-refractivity contribution >= 4 is 16.0 Å². The third-order valence-electron chi connectivity index (χ3n) is 2.62. The van der Waals surface area contributed by atoms with Gasteiger partial charge in [-0.15, -0.1) is 0 Å². The van der Waals surface area contributed by atoms with E-state index in [1.165, 1.54) is 26.4 Å². The first-order chi connectivity index (χ1) is 9.63. The summed E-state index contributed by atoms with van der Waals surface area (Å²) in [6, 6.07) is 3.65. The van der Waals surface area contributed by atoms with Gasteiger partial charge in [0.2, 0.25) is 10.0 Å². The molecule has 21 heavy (non-hydrogen) atoms. The number of carboxylic acid groups (broad SMARTS) is 1. The Morgan fingerprint density at radius 1 is 1.33 bits per heavy atom. The van der Waals surface area contributed by atoms with Gasteiger partial charge < -0.3 is 14.6 Å². The Bertz CT molecular complexity index is 624. The molecule has 7 nitrogen and oxygen atoms in total. The molecular weight excluding hydrogens is 298 g/mol. The summed E-state index contributed by atoms with van der Waals surface area (Å²) in [7, 11) is -1.18. The Morgan fingerprint density at radius 2 is 1.95 bits per heavy atom. The number of sulfonamides is 1. The lowest BCUT2D eigenvalue weighted by molar-refractivity contribution is 0.0696. The van der Waals surface area contributed by atoms with Crippen LogP contribution >= 0.6 is 0 Å². The number of hydrogen-bond acceptors (Lipinski definition) is 5. The molecular formula is C13H19NO6S. The van der Waals surface area contributed by atoms with Crippen LogP contribution in [0.25, 0.3) is 0 Å². The monoisotopic (exact) mass is 317 g/mol. The van der Waals surface area contributed by atoms with Crippen molar-refractivity contribution in [1.82, 2.24) is 4.72 Å². The van der Waals surface area contributed by atoms with Crippen LogP contribution in [0.1, 0.15) is 24.2 Å². The maximum Gasteiger partial charge on any atom is 0.335 e. The second-order valence-electron chi connectivity index (χ2n) is 5.09. The van der Waals surface area contributed by atoms with Crippen LogP contribution in [0.3, 0.4) is 0 Å². The molecule has 0 fully saturated rings. The molecule has 8 heteroatoms. The van der Waals surface area contributed by atoms with E-state index < -0.39 is 21.5 Å². The maximum atomic E-state index is 12.4. The van der Waals surface area contributed by atoms with Gasteiger partial charge >= 0.3 is 5.97 Å². The van der Waals surface area contributed by atoms with E-state index in [2.05, 4.69) is 4.72 Å². The molecule has 0 saturated heterocycles. The highest BCUT2D eigenvalue weighted by Gasteiger charge is 2.29. The minimum atomic E-state index is -3.96. The minimum Gasteiger partial charge on any atom is -0.495 e. The van der Waals surface area contributed by atoms with Gasteiger partial charge in [-0.1, -0.05) is 0 Å². The van der Waals surface area contributed by atoms with E-state index in [1.807, 2.05) is 0 Å². The molecule has 1 rings (SSSR count). The number of ether oxygens (including phenoxy) is 2. The lowest BCUT2D eigenvalue weighted by Crippen LogP contribution is -2.46. The van der Waals surface area contributed by atoms with Crippen LogP contribution in [0.4, 0.5) is 0 Å². The van der Waals surface area contributed by atoms with Crippen LogP contribution in [-0.4, -0.2) is 45.9 Å². The number of benzene rings is 1. The predicted octanol–water partition coefficient (Wildman–Crippen LogP) is 1.10. The zero-order chi connectivity index (χ0) is 16.3. The normalized spacial score (nSPS) is 12.2. The van der Waals surface area contributed by atoms with Crippen molar-refractivity contribution in [3.63, 3.8) is 0 Å². The summed E-state index contributed by atoms with van der Waals surface area (Å²) in [5.41, 5.74) is -0.988. The van der Waals surface area contributed by atoms with Crippen molar-refractivity contribution in [2.75, 3.05) is 20.8 Å². The van der Waals surface area contributed by atoms with Gasteiger partial charge in [0.1, 0.15) is 10.6 Å². The first-order valence-electron chi connectivity index (χ1n) is 6.07. The summed E-state index contributed by atoms with van der Waals surface area (Å²) in [5, 5.41) is 8.98. The molecule has 0 radical (unpaired) electrons. The SMILES string of the molecule is COCC(C)(C)NS(=O)(=O)c1cc(C(=O)O)ccc1OC. The summed E-state index contributed by atoms with van der Waals surface area (Å²) >= 11 is 0. The summed E-state index contributed by atoms with van der Waals surface area (Å²) in [6.07, 6.45) is 0. The Labute approximate surface area is 123 Å². The van der Waals surface area contributed by atoms with E-state index in [4.69, 9.17) is 14.6 Å². The second kappa shape index (κ2) is 6.42. The van der Waals surface area contributed by atoms with Gasteiger partial charge in [0.25, 0.3) is 0 Å². The van der Waals surface area contributed by atoms with Gasteiger partial charge in [0.05, 0.1) is 24.8 Å². The molecule has 0 unspecified atom stereocenters. The predicted molar refractivity (Wildman–Crippen MR) is 76.2 cm³/mol. The molecule has 0 aliphatic carbocycles. The lowest BCUT2D eigenvalue weighted by atomic mass is 10.1. The lowest BCUT2D eigenvalue weighted by Gasteiger charge is -2.25. The molecule has 0 aliphatic heterocycles. The van der Waals surface area contributed by atoms with Crippen LogP contribution < -0.4 is 9.46 Å². The third-order valence-corrected chi connectivity index (χ3v) is 4.34. The molecule has 1 aromatic rings. The molecule has 0 atom stereocenters. The van der Waals surface area contributed by atoms with Crippen LogP contribution in [0, 0.1) is 0 Å². The van der Waals surface area contributed by atoms with Crippen molar-refractivity contribution in [3.05, 3.63) is 23.8 Å². The number of methoxy groups -OCH3 is 2. The zero-order valence-electron chi connectivity index (χ0n) is 12.3. The zero-order valence-corrected chi connectivity index (χ0v) is 13.2. The fourth-order valence-electron chi connectivity index (χ4n) is 1.83. The molecule has 0 heterocycles. The number of carbonyl (C=O) groups is 1. The first kappa shape index (κ1) is 17.4. The van der Waals surface area contributed by atoms with Crippen molar-refractivity contribution in [3.8, 4) is 5.75 Å². The number of nitrogens with one attached hydrogen (secondary N) is 1. The molecule has 2 N–H and O–H groups in total. The van der Waals surface area contributed by atoms with Crippen LogP contribution in [0.5, 0.6) is 5.75 Å². The summed E-state index contributed by atoms with van der Waals surface area (Å²) in [4.78, 5) is 10.8. The largest absolute Gasteiger partial charge is 0.495 e. The van der Waals surface area contributed by atoms with Gasteiger partial charge in [-0.25, -0.2) is 17.9 Å². The van der Waals surface area contributed by atoms with Crippen LogP contribution in [0.2, 0.25) is 0 Å². The summed E-state index contributed by atoms with van der Waals surface area (Å²) < 4.78 is 37.3. The molecule has 0 aliphatic rings. The van der Waals surface area contributed by atoms with E-state index in [0.29, 0.717) is 0 Å². The van der Waals surface area contributed by atoms with Crippen LogP contribution in [-0.2, 0) is 14.8 Å². The highest BCUT2D eigenvalue weighted by molar-refractivity contribution is 7.89. The molecule has 0 amide bonds. The van der Waals surface area contributed by atoms with E-state index >= 15 is 0 Å². The van der Waals surface area contributed by atoms with Crippen molar-refractivity contribution in [2.24, 2.45) is 0 Å². The molecule has 0 spiro atoms. The first-order valence-corrected chi connectivity index (χ1v) is 7.55. The molecule has 118 valence electrons. The number of aromatic carboxylic acids is 1. The van der Waals surface area contributed by atoms with Gasteiger partial charge in [0.15, 0.2) is 0 Å². The fraction of sp³-hybridized carbons (Fsp3) is 0.462. The Morgan fingerprint density at radius 3 is 2.43 bits per heavy atom. The van der Waals surface area contributed by atoms with Crippen LogP contribution in [0.15, 0.2) is 23.1 Å². The van der Waals surface area contributed by atoms with Crippen molar-refractivity contribution in [1.29, 1.82) is 0 Å². The summed E-state index contributed by atoms with van der Waals surface area (Å²) in [5.74, 6) is -1.15. The quantitative estimate of drug-likeness (QED) is 0.780. The number of hydrogen-bond donors (Lipinski definition) is 2. The molecule has 1 aromatic carbocycles. The average Bonchev–Trinajstić information content (AvgIpc) is 2.36. The Balaban J connectivity index is 3.29. The summed E-state index contributed by atoms with van der Waals surface area (Å²) in [6.45, 7) is 3.47. The van der Waals surface area contributed by atoms with E-state index in [-0.39, 0.29) is 22.8 Å². The topological polar surface area (TPSA) is 102 Å². The van der Waals surface area contributed by atoms with E-state index in [1.54, 1.807) is 13.8 Å². The second-order valence-corrected chi connectivity index (χ2v) is 6.74. The van der Waals surface area contributed by atoms with Crippen molar-refractivity contribution in [2.45, 2.75) is 24.3 Å².